The fraction of sp³-hybridized carbons (Fsp3) is 0.480. The van der Waals surface area contributed by atoms with Gasteiger partial charge in [-0.3, -0.25) is 14.4 Å². The van der Waals surface area contributed by atoms with Crippen LogP contribution >= 0.6 is 0 Å². The van der Waals surface area contributed by atoms with Gasteiger partial charge in [-0.2, -0.15) is 0 Å². The molecule has 3 fully saturated rings. The molecule has 1 amide bonds. The molecule has 1 saturated heterocycles. The third-order valence-electron chi connectivity index (χ3n) is 6.36. The first-order chi connectivity index (χ1) is 14.7. The van der Waals surface area contributed by atoms with Crippen LogP contribution in [0.4, 0.5) is 0 Å². The minimum atomic E-state index is -1.11. The van der Waals surface area contributed by atoms with Gasteiger partial charge in [0.25, 0.3) is 5.91 Å². The summed E-state index contributed by atoms with van der Waals surface area (Å²) in [7, 11) is 0. The molecule has 1 heterocycles. The maximum Gasteiger partial charge on any atom is 0.262 e. The number of Topliss-reactive ketones (excluding diaryl/α,β-unsaturated/α-hetero) is 2. The van der Waals surface area contributed by atoms with Crippen LogP contribution in [0, 0.1) is 11.8 Å². The van der Waals surface area contributed by atoms with Crippen molar-refractivity contribution >= 4 is 17.5 Å². The summed E-state index contributed by atoms with van der Waals surface area (Å²) >= 11 is 0. The van der Waals surface area contributed by atoms with Crippen molar-refractivity contribution in [3.63, 3.8) is 0 Å². The number of allylic oxidation sites excluding steroid dienone is 1. The Bertz CT molecular complexity index is 964. The Morgan fingerprint density at radius 3 is 2.39 bits per heavy atom. The quantitative estimate of drug-likeness (QED) is 0.370. The minimum absolute atomic E-state index is 0.00449. The SMILES string of the molecule is C=C(CC(=O)C1CC1)C(O)=C1C(=O)N(Cc2ccc(OCC3CC3)cc2)C(C)(C)C1=O. The van der Waals surface area contributed by atoms with Crippen LogP contribution in [0.15, 0.2) is 47.7 Å². The van der Waals surface area contributed by atoms with Gasteiger partial charge in [-0.05, 0) is 68.7 Å². The second-order valence-electron chi connectivity index (χ2n) is 9.42. The molecule has 4 rings (SSSR count). The smallest absolute Gasteiger partial charge is 0.262 e. The van der Waals surface area contributed by atoms with Crippen molar-refractivity contribution in [1.82, 2.24) is 4.90 Å². The van der Waals surface area contributed by atoms with Gasteiger partial charge in [0.2, 0.25) is 0 Å². The van der Waals surface area contributed by atoms with E-state index in [2.05, 4.69) is 6.58 Å². The third kappa shape index (κ3) is 4.43. The van der Waals surface area contributed by atoms with Gasteiger partial charge in [-0.1, -0.05) is 18.7 Å². The average molecular weight is 424 g/mol. The average Bonchev–Trinajstić information content (AvgIpc) is 3.63. The molecule has 0 unspecified atom stereocenters. The highest BCUT2D eigenvalue weighted by atomic mass is 16.5. The van der Waals surface area contributed by atoms with Crippen molar-refractivity contribution in [2.75, 3.05) is 6.61 Å². The third-order valence-corrected chi connectivity index (χ3v) is 6.36. The number of carbonyl (C=O) groups excluding carboxylic acids is 3. The summed E-state index contributed by atoms with van der Waals surface area (Å²) < 4.78 is 5.75. The highest BCUT2D eigenvalue weighted by Gasteiger charge is 2.51. The molecule has 3 aliphatic rings. The number of aliphatic hydroxyl groups is 1. The van der Waals surface area contributed by atoms with Gasteiger partial charge >= 0.3 is 0 Å². The topological polar surface area (TPSA) is 83.9 Å². The number of aliphatic hydroxyl groups excluding tert-OH is 1. The molecule has 164 valence electrons. The van der Waals surface area contributed by atoms with Crippen molar-refractivity contribution in [2.24, 2.45) is 11.8 Å². The lowest BCUT2D eigenvalue weighted by Crippen LogP contribution is -2.43. The largest absolute Gasteiger partial charge is 0.507 e. The van der Waals surface area contributed by atoms with Gasteiger partial charge < -0.3 is 14.7 Å². The van der Waals surface area contributed by atoms with E-state index in [0.717, 1.165) is 30.8 Å². The van der Waals surface area contributed by atoms with E-state index in [4.69, 9.17) is 4.74 Å². The van der Waals surface area contributed by atoms with Crippen molar-refractivity contribution < 1.29 is 24.2 Å². The van der Waals surface area contributed by atoms with E-state index in [9.17, 15) is 19.5 Å². The Morgan fingerprint density at radius 2 is 1.81 bits per heavy atom. The summed E-state index contributed by atoms with van der Waals surface area (Å²) in [5.41, 5.74) is -0.398. The second-order valence-corrected chi connectivity index (χ2v) is 9.42. The van der Waals surface area contributed by atoms with Gasteiger partial charge in [0.1, 0.15) is 28.4 Å². The van der Waals surface area contributed by atoms with Crippen LogP contribution in [0.25, 0.3) is 0 Å². The Kier molecular flexibility index (Phi) is 5.50. The first-order valence-electron chi connectivity index (χ1n) is 10.9. The molecule has 1 aromatic rings. The molecule has 0 bridgehead atoms. The highest BCUT2D eigenvalue weighted by Crippen LogP contribution is 2.36. The molecule has 0 radical (unpaired) electrons. The van der Waals surface area contributed by atoms with Crippen LogP contribution in [-0.2, 0) is 20.9 Å². The van der Waals surface area contributed by atoms with Crippen LogP contribution in [0.5, 0.6) is 5.75 Å². The summed E-state index contributed by atoms with van der Waals surface area (Å²) in [6.45, 7) is 8.04. The number of carbonyl (C=O) groups is 3. The highest BCUT2D eigenvalue weighted by molar-refractivity contribution is 6.28. The molecule has 6 nitrogen and oxygen atoms in total. The van der Waals surface area contributed by atoms with Crippen LogP contribution in [0.2, 0.25) is 0 Å². The van der Waals surface area contributed by atoms with Gasteiger partial charge in [-0.15, -0.1) is 0 Å². The molecule has 6 heteroatoms. The number of ether oxygens (including phenoxy) is 1. The first-order valence-corrected chi connectivity index (χ1v) is 10.9. The van der Waals surface area contributed by atoms with Crippen LogP contribution in [0.3, 0.4) is 0 Å². The van der Waals surface area contributed by atoms with Crippen molar-refractivity contribution in [2.45, 2.75) is 58.0 Å². The number of nitrogens with zero attached hydrogens (tertiary/aromatic N) is 1. The van der Waals surface area contributed by atoms with Gasteiger partial charge in [0, 0.05) is 18.9 Å². The lowest BCUT2D eigenvalue weighted by molar-refractivity contribution is -0.131. The number of hydrogen-bond acceptors (Lipinski definition) is 5. The van der Waals surface area contributed by atoms with E-state index in [1.54, 1.807) is 13.8 Å². The van der Waals surface area contributed by atoms with E-state index in [1.165, 1.54) is 17.7 Å². The molecule has 2 aliphatic carbocycles. The number of likely N-dealkylation sites (tertiary alicyclic amines) is 1. The Labute approximate surface area is 182 Å². The fourth-order valence-corrected chi connectivity index (χ4v) is 3.79. The van der Waals surface area contributed by atoms with Crippen molar-refractivity contribution in [3.8, 4) is 5.75 Å². The standard InChI is InChI=1S/C25H29NO5/c1-15(12-20(27)18-8-9-18)22(28)21-23(29)25(2,3)26(24(21)30)13-16-6-10-19(11-7-16)31-14-17-4-5-17/h6-7,10-11,17-18,28H,1,4-5,8-9,12-14H2,2-3H3. The van der Waals surface area contributed by atoms with E-state index in [0.29, 0.717) is 5.92 Å². The molecular weight excluding hydrogens is 394 g/mol. The molecule has 0 spiro atoms. The monoisotopic (exact) mass is 423 g/mol. The first kappa shape index (κ1) is 21.3. The molecule has 1 N–H and O–H groups in total. The summed E-state index contributed by atoms with van der Waals surface area (Å²) in [4.78, 5) is 39.6. The number of amides is 1. The maximum atomic E-state index is 13.1. The molecule has 31 heavy (non-hydrogen) atoms. The zero-order chi connectivity index (χ0) is 22.3. The van der Waals surface area contributed by atoms with Crippen LogP contribution in [-0.4, -0.2) is 39.6 Å². The Hall–Kier alpha value is -2.89. The lowest BCUT2D eigenvalue weighted by atomic mass is 9.94. The van der Waals surface area contributed by atoms with E-state index < -0.39 is 23.0 Å². The Morgan fingerprint density at radius 1 is 1.16 bits per heavy atom. The molecule has 0 aromatic heterocycles. The maximum absolute atomic E-state index is 13.1. The molecule has 0 atom stereocenters. The van der Waals surface area contributed by atoms with E-state index >= 15 is 0 Å². The van der Waals surface area contributed by atoms with Crippen molar-refractivity contribution in [3.05, 3.63) is 53.3 Å². The molecule has 2 saturated carbocycles. The normalized spacial score (nSPS) is 21.9. The molecule has 1 aliphatic heterocycles. The predicted molar refractivity (Wildman–Crippen MR) is 115 cm³/mol. The number of rotatable bonds is 9. The van der Waals surface area contributed by atoms with E-state index in [1.807, 2.05) is 24.3 Å². The Balaban J connectivity index is 1.48. The molecule has 1 aromatic carbocycles. The molecular formula is C25H29NO5. The number of ketones is 2. The van der Waals surface area contributed by atoms with Crippen LogP contribution < -0.4 is 4.74 Å². The second kappa shape index (κ2) is 7.98. The summed E-state index contributed by atoms with van der Waals surface area (Å²) in [6, 6.07) is 7.50. The van der Waals surface area contributed by atoms with E-state index in [-0.39, 0.29) is 35.8 Å². The number of benzene rings is 1. The summed E-state index contributed by atoms with van der Waals surface area (Å²) in [6.07, 6.45) is 4.12. The number of hydrogen-bond donors (Lipinski definition) is 1. The summed E-state index contributed by atoms with van der Waals surface area (Å²) in [5, 5.41) is 10.6. The van der Waals surface area contributed by atoms with Gasteiger partial charge in [-0.25, -0.2) is 0 Å². The van der Waals surface area contributed by atoms with Gasteiger partial charge in [0.05, 0.1) is 6.61 Å². The fourth-order valence-electron chi connectivity index (χ4n) is 3.79. The van der Waals surface area contributed by atoms with Crippen molar-refractivity contribution in [1.29, 1.82) is 0 Å². The predicted octanol–water partition coefficient (Wildman–Crippen LogP) is 3.90. The van der Waals surface area contributed by atoms with Crippen LogP contribution in [0.1, 0.15) is 51.5 Å². The lowest BCUT2D eigenvalue weighted by Gasteiger charge is -2.29. The zero-order valence-electron chi connectivity index (χ0n) is 18.1. The summed E-state index contributed by atoms with van der Waals surface area (Å²) in [5.74, 6) is 0.0164. The zero-order valence-corrected chi connectivity index (χ0v) is 18.1. The minimum Gasteiger partial charge on any atom is -0.507 e. The van der Waals surface area contributed by atoms with Gasteiger partial charge in [0.15, 0.2) is 5.78 Å².